The molecule has 2 fully saturated rings. The van der Waals surface area contributed by atoms with Crippen LogP contribution in [-0.2, 0) is 4.74 Å². The minimum absolute atomic E-state index is 0.168. The highest BCUT2D eigenvalue weighted by molar-refractivity contribution is 5.98. The van der Waals surface area contributed by atoms with E-state index >= 15 is 0 Å². The smallest absolute Gasteiger partial charge is 0.255 e. The van der Waals surface area contributed by atoms with Crippen LogP contribution in [0.2, 0.25) is 0 Å². The number of likely N-dealkylation sites (tertiary alicyclic amines) is 1. The quantitative estimate of drug-likeness (QED) is 0.794. The Hall–Kier alpha value is -2.11. The first-order chi connectivity index (χ1) is 14.0. The Morgan fingerprint density at radius 1 is 0.966 bits per heavy atom. The summed E-state index contributed by atoms with van der Waals surface area (Å²) in [5, 5.41) is 0. The molecular formula is C24H33N3O2. The summed E-state index contributed by atoms with van der Waals surface area (Å²) < 4.78 is 7.65. The third-order valence-electron chi connectivity index (χ3n) is 6.42. The first-order valence-electron chi connectivity index (χ1n) is 10.9. The standard InChI is InChI=1S/C24H33N3O2/c1-18-4-7-23(27-19(2)5-6-20(27)3)22(16-18)24(28)26-10-8-21(9-11-26)17-25-12-14-29-15-13-25/h4-7,16,21H,8-15,17H2,1-3H3. The maximum absolute atomic E-state index is 13.5. The van der Waals surface area contributed by atoms with E-state index in [0.717, 1.165) is 87.0 Å². The Bertz CT molecular complexity index is 840. The van der Waals surface area contributed by atoms with Gasteiger partial charge < -0.3 is 14.2 Å². The van der Waals surface area contributed by atoms with Crippen LogP contribution >= 0.6 is 0 Å². The van der Waals surface area contributed by atoms with E-state index < -0.39 is 0 Å². The number of piperidine rings is 1. The van der Waals surface area contributed by atoms with Crippen molar-refractivity contribution in [2.24, 2.45) is 5.92 Å². The van der Waals surface area contributed by atoms with Crippen molar-refractivity contribution in [2.45, 2.75) is 33.6 Å². The summed E-state index contributed by atoms with van der Waals surface area (Å²) in [5.74, 6) is 0.851. The number of aryl methyl sites for hydroxylation is 3. The molecule has 2 saturated heterocycles. The van der Waals surface area contributed by atoms with E-state index in [2.05, 4.69) is 65.5 Å². The topological polar surface area (TPSA) is 37.7 Å². The fourth-order valence-electron chi connectivity index (χ4n) is 4.70. The monoisotopic (exact) mass is 395 g/mol. The molecule has 1 aromatic carbocycles. The van der Waals surface area contributed by atoms with Gasteiger partial charge >= 0.3 is 0 Å². The zero-order valence-corrected chi connectivity index (χ0v) is 18.0. The first-order valence-corrected chi connectivity index (χ1v) is 10.9. The molecule has 0 saturated carbocycles. The number of rotatable bonds is 4. The Balaban J connectivity index is 1.47. The molecule has 5 heteroatoms. The number of ether oxygens (including phenoxy) is 1. The number of benzene rings is 1. The van der Waals surface area contributed by atoms with Gasteiger partial charge in [0.1, 0.15) is 0 Å². The number of hydrogen-bond acceptors (Lipinski definition) is 3. The van der Waals surface area contributed by atoms with E-state index in [-0.39, 0.29) is 5.91 Å². The number of carbonyl (C=O) groups excluding carboxylic acids is 1. The lowest BCUT2D eigenvalue weighted by atomic mass is 9.95. The molecule has 0 unspecified atom stereocenters. The van der Waals surface area contributed by atoms with Crippen LogP contribution in [0.15, 0.2) is 30.3 Å². The summed E-state index contributed by atoms with van der Waals surface area (Å²) in [6, 6.07) is 10.5. The molecule has 1 aromatic heterocycles. The first kappa shape index (κ1) is 20.2. The van der Waals surface area contributed by atoms with Gasteiger partial charge in [0.2, 0.25) is 0 Å². The highest BCUT2D eigenvalue weighted by Gasteiger charge is 2.27. The van der Waals surface area contributed by atoms with Crippen molar-refractivity contribution in [2.75, 3.05) is 45.9 Å². The van der Waals surface area contributed by atoms with Crippen molar-refractivity contribution in [1.29, 1.82) is 0 Å². The Morgan fingerprint density at radius 3 is 2.28 bits per heavy atom. The molecule has 2 aliphatic heterocycles. The Morgan fingerprint density at radius 2 is 1.62 bits per heavy atom. The molecule has 3 heterocycles. The van der Waals surface area contributed by atoms with Gasteiger partial charge in [0.25, 0.3) is 5.91 Å². The third-order valence-corrected chi connectivity index (χ3v) is 6.42. The summed E-state index contributed by atoms with van der Waals surface area (Å²) in [6.07, 6.45) is 2.18. The minimum atomic E-state index is 0.168. The summed E-state index contributed by atoms with van der Waals surface area (Å²) >= 11 is 0. The van der Waals surface area contributed by atoms with Crippen molar-refractivity contribution in [3.63, 3.8) is 0 Å². The number of aromatic nitrogens is 1. The molecule has 156 valence electrons. The van der Waals surface area contributed by atoms with Crippen molar-refractivity contribution in [3.8, 4) is 5.69 Å². The Labute approximate surface area is 174 Å². The molecule has 1 amide bonds. The second-order valence-electron chi connectivity index (χ2n) is 8.62. The van der Waals surface area contributed by atoms with E-state index in [1.54, 1.807) is 0 Å². The molecule has 4 rings (SSSR count). The van der Waals surface area contributed by atoms with E-state index in [4.69, 9.17) is 4.74 Å². The fraction of sp³-hybridized carbons (Fsp3) is 0.542. The highest BCUT2D eigenvalue weighted by atomic mass is 16.5. The van der Waals surface area contributed by atoms with Gasteiger partial charge in [-0.25, -0.2) is 0 Å². The lowest BCUT2D eigenvalue weighted by Crippen LogP contribution is -2.44. The summed E-state index contributed by atoms with van der Waals surface area (Å²) in [4.78, 5) is 18.0. The van der Waals surface area contributed by atoms with Crippen molar-refractivity contribution in [1.82, 2.24) is 14.4 Å². The molecule has 0 spiro atoms. The summed E-state index contributed by atoms with van der Waals surface area (Å²) in [5.41, 5.74) is 5.26. The SMILES string of the molecule is Cc1ccc(-n2c(C)ccc2C)c(C(=O)N2CCC(CN3CCOCC3)CC2)c1. The van der Waals surface area contributed by atoms with Crippen LogP contribution in [0, 0.1) is 26.7 Å². The average Bonchev–Trinajstić information content (AvgIpc) is 3.07. The minimum Gasteiger partial charge on any atom is -0.379 e. The predicted molar refractivity (Wildman–Crippen MR) is 116 cm³/mol. The van der Waals surface area contributed by atoms with Gasteiger partial charge in [-0.3, -0.25) is 9.69 Å². The molecule has 0 bridgehead atoms. The highest BCUT2D eigenvalue weighted by Crippen LogP contribution is 2.26. The zero-order chi connectivity index (χ0) is 20.4. The van der Waals surface area contributed by atoms with Gasteiger partial charge in [0, 0.05) is 44.1 Å². The summed E-state index contributed by atoms with van der Waals surface area (Å²) in [7, 11) is 0. The van der Waals surface area contributed by atoms with E-state index in [1.165, 1.54) is 0 Å². The molecule has 0 N–H and O–H groups in total. The molecule has 0 atom stereocenters. The lowest BCUT2D eigenvalue weighted by Gasteiger charge is -2.36. The maximum Gasteiger partial charge on any atom is 0.255 e. The van der Waals surface area contributed by atoms with Crippen LogP contribution in [0.3, 0.4) is 0 Å². The van der Waals surface area contributed by atoms with Gasteiger partial charge in [-0.15, -0.1) is 0 Å². The normalized spacial score (nSPS) is 18.9. The van der Waals surface area contributed by atoms with E-state index in [9.17, 15) is 4.79 Å². The van der Waals surface area contributed by atoms with Gasteiger partial charge in [-0.05, 0) is 63.8 Å². The van der Waals surface area contributed by atoms with E-state index in [1.807, 2.05) is 0 Å². The largest absolute Gasteiger partial charge is 0.379 e. The van der Waals surface area contributed by atoms with Crippen LogP contribution in [0.25, 0.3) is 5.69 Å². The van der Waals surface area contributed by atoms with Crippen molar-refractivity contribution in [3.05, 3.63) is 52.8 Å². The van der Waals surface area contributed by atoms with Crippen LogP contribution < -0.4 is 0 Å². The lowest BCUT2D eigenvalue weighted by molar-refractivity contribution is 0.0243. The number of nitrogens with zero attached hydrogens (tertiary/aromatic N) is 3. The molecule has 2 aromatic rings. The number of hydrogen-bond donors (Lipinski definition) is 0. The maximum atomic E-state index is 13.5. The molecular weight excluding hydrogens is 362 g/mol. The fourth-order valence-corrected chi connectivity index (χ4v) is 4.70. The second-order valence-corrected chi connectivity index (χ2v) is 8.62. The summed E-state index contributed by atoms with van der Waals surface area (Å²) in [6.45, 7) is 12.9. The van der Waals surface area contributed by atoms with Crippen LogP contribution in [0.1, 0.15) is 40.2 Å². The average molecular weight is 396 g/mol. The molecule has 0 radical (unpaired) electrons. The number of carbonyl (C=O) groups is 1. The van der Waals surface area contributed by atoms with Crippen molar-refractivity contribution >= 4 is 5.91 Å². The second kappa shape index (κ2) is 8.72. The van der Waals surface area contributed by atoms with Crippen LogP contribution in [0.4, 0.5) is 0 Å². The molecule has 29 heavy (non-hydrogen) atoms. The van der Waals surface area contributed by atoms with Crippen LogP contribution in [0.5, 0.6) is 0 Å². The molecule has 5 nitrogen and oxygen atoms in total. The van der Waals surface area contributed by atoms with Gasteiger partial charge in [-0.2, -0.15) is 0 Å². The number of morpholine rings is 1. The number of amides is 1. The van der Waals surface area contributed by atoms with Gasteiger partial charge in [-0.1, -0.05) is 11.6 Å². The van der Waals surface area contributed by atoms with E-state index in [0.29, 0.717) is 5.92 Å². The Kier molecular flexibility index (Phi) is 6.07. The molecule has 2 aliphatic rings. The van der Waals surface area contributed by atoms with Crippen molar-refractivity contribution < 1.29 is 9.53 Å². The zero-order valence-electron chi connectivity index (χ0n) is 18.0. The van der Waals surface area contributed by atoms with Gasteiger partial charge in [0.05, 0.1) is 24.5 Å². The van der Waals surface area contributed by atoms with Gasteiger partial charge in [0.15, 0.2) is 0 Å². The molecule has 0 aliphatic carbocycles. The third kappa shape index (κ3) is 4.41. The van der Waals surface area contributed by atoms with Crippen LogP contribution in [-0.4, -0.2) is 66.2 Å². The predicted octanol–water partition coefficient (Wildman–Crippen LogP) is 3.59.